The van der Waals surface area contributed by atoms with Crippen molar-refractivity contribution in [1.82, 2.24) is 4.90 Å². The van der Waals surface area contributed by atoms with Gasteiger partial charge in [0.1, 0.15) is 5.75 Å². The number of hydrogen-bond acceptors (Lipinski definition) is 6. The zero-order chi connectivity index (χ0) is 22.4. The lowest BCUT2D eigenvalue weighted by molar-refractivity contribution is -0.118. The van der Waals surface area contributed by atoms with E-state index in [9.17, 15) is 14.7 Å². The van der Waals surface area contributed by atoms with E-state index in [4.69, 9.17) is 25.8 Å². The number of ether oxygens (including phenoxy) is 3. The Hall–Kier alpha value is -2.97. The summed E-state index contributed by atoms with van der Waals surface area (Å²) in [6.45, 7) is 0.208. The number of halogens is 1. The summed E-state index contributed by atoms with van der Waals surface area (Å²) in [7, 11) is 2.89. The van der Waals surface area contributed by atoms with Crippen LogP contribution in [0.4, 0.5) is 5.69 Å². The zero-order valence-electron chi connectivity index (χ0n) is 17.4. The first-order valence-electron chi connectivity index (χ1n) is 9.83. The Morgan fingerprint density at radius 1 is 1.23 bits per heavy atom. The van der Waals surface area contributed by atoms with Crippen LogP contribution in [0.5, 0.6) is 17.2 Å². The van der Waals surface area contributed by atoms with Gasteiger partial charge in [-0.15, -0.1) is 0 Å². The van der Waals surface area contributed by atoms with Gasteiger partial charge in [0.25, 0.3) is 11.8 Å². The lowest BCUT2D eigenvalue weighted by atomic mass is 10.1. The maximum absolute atomic E-state index is 13.0. The fraction of sp³-hybridized carbons (Fsp3) is 0.364. The van der Waals surface area contributed by atoms with Crippen LogP contribution in [0.2, 0.25) is 5.02 Å². The van der Waals surface area contributed by atoms with Crippen LogP contribution < -0.4 is 19.5 Å². The van der Waals surface area contributed by atoms with E-state index in [0.717, 1.165) is 12.8 Å². The van der Waals surface area contributed by atoms with Crippen LogP contribution in [-0.4, -0.2) is 61.8 Å². The van der Waals surface area contributed by atoms with E-state index < -0.39 is 5.91 Å². The molecule has 9 heteroatoms. The van der Waals surface area contributed by atoms with E-state index in [-0.39, 0.29) is 36.6 Å². The average Bonchev–Trinajstić information content (AvgIpc) is 3.25. The van der Waals surface area contributed by atoms with E-state index in [1.54, 1.807) is 35.2 Å². The van der Waals surface area contributed by atoms with E-state index in [2.05, 4.69) is 5.32 Å². The molecule has 166 valence electrons. The molecule has 3 rings (SSSR count). The standard InChI is InChI=1S/C22H25ClN2O6/c1-29-19-10-14(22(28)25-8-4-6-16(25)12-26)9-18(21(19)30-2)24-20(27)13-31-17-7-3-5-15(23)11-17/h3,5,7,9-11,16,26H,4,6,8,12-13H2,1-2H3,(H,24,27)/t16-/m0/s1. The van der Waals surface area contributed by atoms with Gasteiger partial charge in [-0.25, -0.2) is 0 Å². The van der Waals surface area contributed by atoms with Crippen molar-refractivity contribution in [2.24, 2.45) is 0 Å². The summed E-state index contributed by atoms with van der Waals surface area (Å²) in [5.74, 6) is 0.358. The van der Waals surface area contributed by atoms with Gasteiger partial charge in [0.2, 0.25) is 0 Å². The number of benzene rings is 2. The number of likely N-dealkylation sites (tertiary alicyclic amines) is 1. The molecule has 2 amide bonds. The van der Waals surface area contributed by atoms with Crippen LogP contribution in [0, 0.1) is 0 Å². The fourth-order valence-electron chi connectivity index (χ4n) is 3.53. The molecule has 1 fully saturated rings. The number of anilines is 1. The molecule has 1 aliphatic heterocycles. The van der Waals surface area contributed by atoms with Crippen molar-refractivity contribution in [2.75, 3.05) is 39.3 Å². The second kappa shape index (κ2) is 10.4. The van der Waals surface area contributed by atoms with E-state index in [1.165, 1.54) is 20.3 Å². The van der Waals surface area contributed by atoms with Crippen molar-refractivity contribution < 1.29 is 28.9 Å². The molecule has 0 aromatic heterocycles. The Balaban J connectivity index is 1.80. The Bertz CT molecular complexity index is 952. The summed E-state index contributed by atoms with van der Waals surface area (Å²) < 4.78 is 16.2. The number of methoxy groups -OCH3 is 2. The molecule has 1 heterocycles. The molecule has 31 heavy (non-hydrogen) atoms. The van der Waals surface area contributed by atoms with Crippen molar-refractivity contribution in [1.29, 1.82) is 0 Å². The first-order chi connectivity index (χ1) is 15.0. The maximum atomic E-state index is 13.0. The van der Waals surface area contributed by atoms with Crippen molar-refractivity contribution >= 4 is 29.1 Å². The predicted octanol–water partition coefficient (Wildman–Crippen LogP) is 2.97. The summed E-state index contributed by atoms with van der Waals surface area (Å²) >= 11 is 5.92. The van der Waals surface area contributed by atoms with E-state index in [0.29, 0.717) is 28.6 Å². The number of aliphatic hydroxyl groups is 1. The molecule has 0 spiro atoms. The van der Waals surface area contributed by atoms with Crippen LogP contribution in [0.15, 0.2) is 36.4 Å². The molecular formula is C22H25ClN2O6. The Kier molecular flexibility index (Phi) is 7.59. The maximum Gasteiger partial charge on any atom is 0.262 e. The summed E-state index contributed by atoms with van der Waals surface area (Å²) in [4.78, 5) is 27.1. The normalized spacial score (nSPS) is 15.5. The molecule has 0 saturated carbocycles. The van der Waals surface area contributed by atoms with Crippen molar-refractivity contribution in [3.63, 3.8) is 0 Å². The van der Waals surface area contributed by atoms with Gasteiger partial charge in [-0.1, -0.05) is 17.7 Å². The Morgan fingerprint density at radius 2 is 2.03 bits per heavy atom. The number of aliphatic hydroxyl groups excluding tert-OH is 1. The highest BCUT2D eigenvalue weighted by Gasteiger charge is 2.30. The predicted molar refractivity (Wildman–Crippen MR) is 116 cm³/mol. The minimum absolute atomic E-state index is 0.0938. The summed E-state index contributed by atoms with van der Waals surface area (Å²) in [6, 6.07) is 9.59. The van der Waals surface area contributed by atoms with Gasteiger partial charge >= 0.3 is 0 Å². The van der Waals surface area contributed by atoms with Crippen LogP contribution in [0.25, 0.3) is 0 Å². The molecule has 0 bridgehead atoms. The van der Waals surface area contributed by atoms with Crippen molar-refractivity contribution in [3.8, 4) is 17.2 Å². The number of carbonyl (C=O) groups excluding carboxylic acids is 2. The van der Waals surface area contributed by atoms with Crippen molar-refractivity contribution in [3.05, 3.63) is 47.0 Å². The number of amides is 2. The second-order valence-electron chi connectivity index (χ2n) is 7.03. The molecule has 1 aliphatic rings. The van der Waals surface area contributed by atoms with Crippen LogP contribution in [0.1, 0.15) is 23.2 Å². The van der Waals surface area contributed by atoms with Gasteiger partial charge in [-0.3, -0.25) is 9.59 Å². The monoisotopic (exact) mass is 448 g/mol. The molecule has 1 saturated heterocycles. The van der Waals surface area contributed by atoms with Gasteiger partial charge in [0.15, 0.2) is 18.1 Å². The SMILES string of the molecule is COc1cc(C(=O)N2CCC[C@H]2CO)cc(NC(=O)COc2cccc(Cl)c2)c1OC. The van der Waals surface area contributed by atoms with Crippen LogP contribution in [0.3, 0.4) is 0 Å². The molecule has 0 unspecified atom stereocenters. The molecule has 0 aliphatic carbocycles. The molecule has 0 radical (unpaired) electrons. The topological polar surface area (TPSA) is 97.3 Å². The quantitative estimate of drug-likeness (QED) is 0.644. The molecule has 2 N–H and O–H groups in total. The minimum Gasteiger partial charge on any atom is -0.493 e. The smallest absolute Gasteiger partial charge is 0.262 e. The lowest BCUT2D eigenvalue weighted by Crippen LogP contribution is -2.37. The molecule has 8 nitrogen and oxygen atoms in total. The Morgan fingerprint density at radius 3 is 2.71 bits per heavy atom. The number of nitrogens with one attached hydrogen (secondary N) is 1. The highest BCUT2D eigenvalue weighted by Crippen LogP contribution is 2.37. The molecule has 1 atom stereocenters. The second-order valence-corrected chi connectivity index (χ2v) is 7.47. The third-order valence-corrected chi connectivity index (χ3v) is 5.25. The minimum atomic E-state index is -0.445. The average molecular weight is 449 g/mol. The number of nitrogens with zero attached hydrogens (tertiary/aromatic N) is 1. The van der Waals surface area contributed by atoms with Crippen molar-refractivity contribution in [2.45, 2.75) is 18.9 Å². The van der Waals surface area contributed by atoms with Gasteiger partial charge in [-0.05, 0) is 43.2 Å². The van der Waals surface area contributed by atoms with E-state index in [1.807, 2.05) is 0 Å². The van der Waals surface area contributed by atoms with Gasteiger partial charge in [-0.2, -0.15) is 0 Å². The number of rotatable bonds is 8. The number of carbonyl (C=O) groups is 2. The largest absolute Gasteiger partial charge is 0.493 e. The lowest BCUT2D eigenvalue weighted by Gasteiger charge is -2.24. The fourth-order valence-corrected chi connectivity index (χ4v) is 3.71. The first kappa shape index (κ1) is 22.7. The Labute approximate surface area is 185 Å². The first-order valence-corrected chi connectivity index (χ1v) is 10.2. The zero-order valence-corrected chi connectivity index (χ0v) is 18.1. The highest BCUT2D eigenvalue weighted by molar-refractivity contribution is 6.30. The third-order valence-electron chi connectivity index (χ3n) is 5.01. The van der Waals surface area contributed by atoms with Gasteiger partial charge in [0, 0.05) is 17.1 Å². The molecule has 2 aromatic rings. The molecule has 2 aromatic carbocycles. The summed E-state index contributed by atoms with van der Waals surface area (Å²) in [5.41, 5.74) is 0.605. The number of hydrogen-bond donors (Lipinski definition) is 2. The summed E-state index contributed by atoms with van der Waals surface area (Å²) in [6.07, 6.45) is 1.58. The molecular weight excluding hydrogens is 424 g/mol. The third kappa shape index (κ3) is 5.39. The van der Waals surface area contributed by atoms with Crippen LogP contribution >= 0.6 is 11.6 Å². The summed E-state index contributed by atoms with van der Waals surface area (Å²) in [5, 5.41) is 12.7. The van der Waals surface area contributed by atoms with Crippen LogP contribution in [-0.2, 0) is 4.79 Å². The van der Waals surface area contributed by atoms with Gasteiger partial charge < -0.3 is 29.5 Å². The van der Waals surface area contributed by atoms with Gasteiger partial charge in [0.05, 0.1) is 32.6 Å². The van der Waals surface area contributed by atoms with E-state index >= 15 is 0 Å². The highest BCUT2D eigenvalue weighted by atomic mass is 35.5.